The molecule has 8 heteroatoms. The van der Waals surface area contributed by atoms with Gasteiger partial charge in [-0.2, -0.15) is 4.31 Å². The van der Waals surface area contributed by atoms with Crippen LogP contribution in [0.4, 0.5) is 0 Å². The van der Waals surface area contributed by atoms with E-state index in [2.05, 4.69) is 5.32 Å². The Bertz CT molecular complexity index is 1060. The Labute approximate surface area is 197 Å². The number of nitrogens with zero attached hydrogens (tertiary/aromatic N) is 1. The van der Waals surface area contributed by atoms with E-state index in [1.807, 2.05) is 51.1 Å². The molecular weight excluding hydrogens is 440 g/mol. The summed E-state index contributed by atoms with van der Waals surface area (Å²) in [6.07, 6.45) is 0.958. The average Bonchev–Trinajstić information content (AvgIpc) is 2.83. The van der Waals surface area contributed by atoms with Crippen LogP contribution in [0.3, 0.4) is 0 Å². The lowest BCUT2D eigenvalue weighted by atomic mass is 9.96. The van der Waals surface area contributed by atoms with Crippen molar-refractivity contribution in [2.45, 2.75) is 50.5 Å². The highest BCUT2D eigenvalue weighted by molar-refractivity contribution is 7.89. The van der Waals surface area contributed by atoms with E-state index in [0.29, 0.717) is 31.7 Å². The molecule has 3 rings (SSSR count). The Balaban J connectivity index is 1.65. The standard InChI is InChI=1S/C25H34N2O5S/c1-17(2)21-8-11-23(32-5)24(16-21)33(29,30)27-14-12-20(13-15-27)25(28)26-18(3)19-6-9-22(31-4)10-7-19/h6-11,16-18,20H,12-15H2,1-5H3,(H,26,28)/t18-/m1/s1. The van der Waals surface area contributed by atoms with Gasteiger partial charge in [-0.3, -0.25) is 4.79 Å². The Kier molecular flexibility index (Phi) is 8.02. The van der Waals surface area contributed by atoms with Crippen molar-refractivity contribution >= 4 is 15.9 Å². The zero-order valence-electron chi connectivity index (χ0n) is 20.0. The third-order valence-corrected chi connectivity index (χ3v) is 8.19. The minimum atomic E-state index is -3.72. The lowest BCUT2D eigenvalue weighted by molar-refractivity contribution is -0.126. The molecule has 1 aliphatic heterocycles. The van der Waals surface area contributed by atoms with Crippen LogP contribution in [0, 0.1) is 5.92 Å². The van der Waals surface area contributed by atoms with Gasteiger partial charge < -0.3 is 14.8 Å². The number of methoxy groups -OCH3 is 2. The minimum absolute atomic E-state index is 0.0465. The highest BCUT2D eigenvalue weighted by Gasteiger charge is 2.34. The van der Waals surface area contributed by atoms with Gasteiger partial charge in [0, 0.05) is 19.0 Å². The molecule has 2 aromatic carbocycles. The molecule has 1 heterocycles. The lowest BCUT2D eigenvalue weighted by Crippen LogP contribution is -2.43. The first-order valence-electron chi connectivity index (χ1n) is 11.3. The number of rotatable bonds is 8. The number of hydrogen-bond donors (Lipinski definition) is 1. The van der Waals surface area contributed by atoms with Gasteiger partial charge in [0.05, 0.1) is 20.3 Å². The van der Waals surface area contributed by atoms with E-state index < -0.39 is 10.0 Å². The molecule has 0 bridgehead atoms. The van der Waals surface area contributed by atoms with Gasteiger partial charge in [0.15, 0.2) is 0 Å². The predicted molar refractivity (Wildman–Crippen MR) is 128 cm³/mol. The number of benzene rings is 2. The molecule has 0 saturated carbocycles. The number of nitrogens with one attached hydrogen (secondary N) is 1. The fourth-order valence-corrected chi connectivity index (χ4v) is 5.72. The first kappa shape index (κ1) is 25.1. The molecule has 180 valence electrons. The van der Waals surface area contributed by atoms with Gasteiger partial charge >= 0.3 is 0 Å². The van der Waals surface area contributed by atoms with Gasteiger partial charge in [-0.1, -0.05) is 32.0 Å². The lowest BCUT2D eigenvalue weighted by Gasteiger charge is -2.31. The number of carbonyl (C=O) groups is 1. The molecule has 7 nitrogen and oxygen atoms in total. The van der Waals surface area contributed by atoms with Crippen molar-refractivity contribution in [2.24, 2.45) is 5.92 Å². The number of hydrogen-bond acceptors (Lipinski definition) is 5. The third-order valence-electron chi connectivity index (χ3n) is 6.27. The zero-order chi connectivity index (χ0) is 24.2. The van der Waals surface area contributed by atoms with Crippen LogP contribution in [0.1, 0.15) is 56.7 Å². The summed E-state index contributed by atoms with van der Waals surface area (Å²) in [5, 5.41) is 3.06. The molecule has 1 aliphatic rings. The van der Waals surface area contributed by atoms with Crippen molar-refractivity contribution in [2.75, 3.05) is 27.3 Å². The maximum atomic E-state index is 13.4. The first-order valence-corrected chi connectivity index (χ1v) is 12.7. The number of carbonyl (C=O) groups excluding carboxylic acids is 1. The third kappa shape index (κ3) is 5.68. The highest BCUT2D eigenvalue weighted by Crippen LogP contribution is 2.32. The Morgan fingerprint density at radius 1 is 0.970 bits per heavy atom. The van der Waals surface area contributed by atoms with E-state index in [-0.39, 0.29) is 28.7 Å². The van der Waals surface area contributed by atoms with Crippen LogP contribution in [0.2, 0.25) is 0 Å². The molecule has 0 aliphatic carbocycles. The molecule has 0 aromatic heterocycles. The summed E-state index contributed by atoms with van der Waals surface area (Å²) < 4.78 is 38.7. The van der Waals surface area contributed by atoms with Crippen molar-refractivity contribution < 1.29 is 22.7 Å². The van der Waals surface area contributed by atoms with E-state index in [1.54, 1.807) is 19.2 Å². The van der Waals surface area contributed by atoms with E-state index in [9.17, 15) is 13.2 Å². The van der Waals surface area contributed by atoms with Gasteiger partial charge in [0.2, 0.25) is 15.9 Å². The summed E-state index contributed by atoms with van der Waals surface area (Å²) in [7, 11) is -0.627. The SMILES string of the molecule is COc1ccc([C@@H](C)NC(=O)C2CCN(S(=O)(=O)c3cc(C(C)C)ccc3OC)CC2)cc1. The van der Waals surface area contributed by atoms with Gasteiger partial charge in [-0.25, -0.2) is 8.42 Å². The molecule has 1 amide bonds. The molecule has 0 unspecified atom stereocenters. The van der Waals surface area contributed by atoms with Gasteiger partial charge in [-0.15, -0.1) is 0 Å². The summed E-state index contributed by atoms with van der Waals surface area (Å²) in [5.41, 5.74) is 1.93. The maximum absolute atomic E-state index is 13.4. The molecule has 2 aromatic rings. The van der Waals surface area contributed by atoms with Gasteiger partial charge in [0.25, 0.3) is 0 Å². The van der Waals surface area contributed by atoms with Crippen LogP contribution in [0.25, 0.3) is 0 Å². The molecule has 0 radical (unpaired) electrons. The van der Waals surface area contributed by atoms with Crippen molar-refractivity contribution in [3.8, 4) is 11.5 Å². The molecule has 1 fully saturated rings. The fourth-order valence-electron chi connectivity index (χ4n) is 4.06. The maximum Gasteiger partial charge on any atom is 0.246 e. The zero-order valence-corrected chi connectivity index (χ0v) is 20.8. The molecule has 1 atom stereocenters. The second-order valence-corrected chi connectivity index (χ2v) is 10.7. The van der Waals surface area contributed by atoms with Crippen LogP contribution >= 0.6 is 0 Å². The quantitative estimate of drug-likeness (QED) is 0.623. The summed E-state index contributed by atoms with van der Waals surface area (Å²) in [4.78, 5) is 13.0. The van der Waals surface area contributed by atoms with Gasteiger partial charge in [-0.05, 0) is 61.1 Å². The number of amides is 1. The first-order chi connectivity index (χ1) is 15.7. The molecule has 33 heavy (non-hydrogen) atoms. The Morgan fingerprint density at radius 3 is 2.12 bits per heavy atom. The topological polar surface area (TPSA) is 84.9 Å². The van der Waals surface area contributed by atoms with Crippen LogP contribution in [0.15, 0.2) is 47.4 Å². The average molecular weight is 475 g/mol. The van der Waals surface area contributed by atoms with Crippen LogP contribution in [-0.4, -0.2) is 45.9 Å². The number of ether oxygens (including phenoxy) is 2. The van der Waals surface area contributed by atoms with Crippen LogP contribution in [0.5, 0.6) is 11.5 Å². The Hall–Kier alpha value is -2.58. The fraction of sp³-hybridized carbons (Fsp3) is 0.480. The largest absolute Gasteiger partial charge is 0.497 e. The highest BCUT2D eigenvalue weighted by atomic mass is 32.2. The van der Waals surface area contributed by atoms with Crippen molar-refractivity contribution in [3.63, 3.8) is 0 Å². The Morgan fingerprint density at radius 2 is 1.58 bits per heavy atom. The number of sulfonamides is 1. The second kappa shape index (κ2) is 10.6. The minimum Gasteiger partial charge on any atom is -0.497 e. The number of piperidine rings is 1. The second-order valence-electron chi connectivity index (χ2n) is 8.75. The van der Waals surface area contributed by atoms with Crippen molar-refractivity contribution in [1.82, 2.24) is 9.62 Å². The summed E-state index contributed by atoms with van der Waals surface area (Å²) in [6, 6.07) is 12.7. The summed E-state index contributed by atoms with van der Waals surface area (Å²) in [5.74, 6) is 1.04. The van der Waals surface area contributed by atoms with Crippen molar-refractivity contribution in [3.05, 3.63) is 53.6 Å². The van der Waals surface area contributed by atoms with Crippen molar-refractivity contribution in [1.29, 1.82) is 0 Å². The van der Waals surface area contributed by atoms with Crippen LogP contribution in [-0.2, 0) is 14.8 Å². The summed E-state index contributed by atoms with van der Waals surface area (Å²) in [6.45, 7) is 6.58. The summed E-state index contributed by atoms with van der Waals surface area (Å²) >= 11 is 0. The van der Waals surface area contributed by atoms with E-state index in [1.165, 1.54) is 11.4 Å². The van der Waals surface area contributed by atoms with Crippen LogP contribution < -0.4 is 14.8 Å². The van der Waals surface area contributed by atoms with E-state index in [4.69, 9.17) is 9.47 Å². The predicted octanol–water partition coefficient (Wildman–Crippen LogP) is 4.11. The molecule has 0 spiro atoms. The molecular formula is C25H34N2O5S. The van der Waals surface area contributed by atoms with E-state index >= 15 is 0 Å². The van der Waals surface area contributed by atoms with E-state index in [0.717, 1.165) is 16.9 Å². The normalized spacial score (nSPS) is 16.4. The smallest absolute Gasteiger partial charge is 0.246 e. The molecule has 1 saturated heterocycles. The monoisotopic (exact) mass is 474 g/mol. The molecule has 1 N–H and O–H groups in total. The van der Waals surface area contributed by atoms with Gasteiger partial charge in [0.1, 0.15) is 16.4 Å².